The Labute approximate surface area is 124 Å². The van der Waals surface area contributed by atoms with Gasteiger partial charge in [0.05, 0.1) is 5.76 Å². The molecule has 1 aromatic carbocycles. The summed E-state index contributed by atoms with van der Waals surface area (Å²) in [6, 6.07) is 2.02. The van der Waals surface area contributed by atoms with Gasteiger partial charge in [-0.25, -0.2) is 0 Å². The lowest BCUT2D eigenvalue weighted by Gasteiger charge is -2.26. The zero-order valence-electron chi connectivity index (χ0n) is 12.9. The number of benzene rings is 1. The fraction of sp³-hybridized carbons (Fsp3) is 0.412. The van der Waals surface area contributed by atoms with E-state index in [4.69, 9.17) is 0 Å². The molecule has 0 spiro atoms. The monoisotopic (exact) mass is 287 g/mol. The first-order valence-corrected chi connectivity index (χ1v) is 7.10. The summed E-state index contributed by atoms with van der Waals surface area (Å²) in [5.74, 6) is -0.0602. The predicted octanol–water partition coefficient (Wildman–Crippen LogP) is 3.46. The molecule has 4 nitrogen and oxygen atoms in total. The van der Waals surface area contributed by atoms with Crippen LogP contribution in [0.3, 0.4) is 0 Å². The standard InChI is InChI=1S/C17H21NO3/c1-9-5-10(2)17(18-12(4)19)11(3)16(9)13-6-14(20)8-15(21)7-13/h5,8,13,20H,6-7H2,1-4H3,(H,18,19). The third-order valence-corrected chi connectivity index (χ3v) is 3.97. The van der Waals surface area contributed by atoms with Gasteiger partial charge in [-0.1, -0.05) is 6.07 Å². The van der Waals surface area contributed by atoms with E-state index in [9.17, 15) is 14.7 Å². The van der Waals surface area contributed by atoms with Crippen LogP contribution in [0.4, 0.5) is 5.69 Å². The zero-order chi connectivity index (χ0) is 15.7. The van der Waals surface area contributed by atoms with Crippen LogP contribution < -0.4 is 5.32 Å². The zero-order valence-corrected chi connectivity index (χ0v) is 12.9. The van der Waals surface area contributed by atoms with E-state index in [0.29, 0.717) is 12.8 Å². The Morgan fingerprint density at radius 3 is 2.48 bits per heavy atom. The highest BCUT2D eigenvalue weighted by atomic mass is 16.3. The van der Waals surface area contributed by atoms with Gasteiger partial charge in [-0.05, 0) is 48.9 Å². The Hall–Kier alpha value is -2.10. The van der Waals surface area contributed by atoms with E-state index >= 15 is 0 Å². The fourth-order valence-corrected chi connectivity index (χ4v) is 3.27. The number of rotatable bonds is 2. The van der Waals surface area contributed by atoms with Crippen molar-refractivity contribution in [2.24, 2.45) is 0 Å². The first-order chi connectivity index (χ1) is 9.79. The van der Waals surface area contributed by atoms with Crippen LogP contribution in [0, 0.1) is 20.8 Å². The molecule has 112 valence electrons. The van der Waals surface area contributed by atoms with Crippen LogP contribution >= 0.6 is 0 Å². The van der Waals surface area contributed by atoms with Crippen molar-refractivity contribution in [1.29, 1.82) is 0 Å². The van der Waals surface area contributed by atoms with Crippen LogP contribution in [-0.2, 0) is 9.59 Å². The largest absolute Gasteiger partial charge is 0.512 e. The quantitative estimate of drug-likeness (QED) is 0.875. The Bertz CT molecular complexity index is 644. The molecule has 0 saturated carbocycles. The minimum atomic E-state index is -0.113. The third-order valence-electron chi connectivity index (χ3n) is 3.97. The number of nitrogens with one attached hydrogen (secondary N) is 1. The van der Waals surface area contributed by atoms with E-state index in [1.165, 1.54) is 13.0 Å². The van der Waals surface area contributed by atoms with E-state index in [1.54, 1.807) is 0 Å². The maximum absolute atomic E-state index is 11.7. The van der Waals surface area contributed by atoms with E-state index in [1.807, 2.05) is 26.8 Å². The number of carbonyl (C=O) groups excluding carboxylic acids is 2. The molecule has 0 aliphatic heterocycles. The minimum absolute atomic E-state index is 0.0318. The molecule has 1 atom stereocenters. The average molecular weight is 287 g/mol. The molecule has 1 aliphatic rings. The number of anilines is 1. The second-order valence-corrected chi connectivity index (χ2v) is 5.81. The molecule has 0 heterocycles. The molecule has 4 heteroatoms. The molecular formula is C17H21NO3. The van der Waals surface area contributed by atoms with Gasteiger partial charge >= 0.3 is 0 Å². The van der Waals surface area contributed by atoms with E-state index < -0.39 is 0 Å². The maximum Gasteiger partial charge on any atom is 0.221 e. The molecule has 1 amide bonds. The molecule has 1 unspecified atom stereocenters. The van der Waals surface area contributed by atoms with Gasteiger partial charge in [-0.3, -0.25) is 9.59 Å². The number of aliphatic hydroxyl groups is 1. The van der Waals surface area contributed by atoms with Crippen LogP contribution in [0.25, 0.3) is 0 Å². The van der Waals surface area contributed by atoms with Gasteiger partial charge in [0.25, 0.3) is 0 Å². The molecule has 1 aliphatic carbocycles. The summed E-state index contributed by atoms with van der Waals surface area (Å²) in [6.45, 7) is 7.41. The third kappa shape index (κ3) is 3.15. The fourth-order valence-electron chi connectivity index (χ4n) is 3.27. The number of ketones is 1. The lowest BCUT2D eigenvalue weighted by Crippen LogP contribution is -2.17. The number of allylic oxidation sites excluding steroid dienone is 2. The summed E-state index contributed by atoms with van der Waals surface area (Å²) in [5.41, 5.74) is 4.94. The first-order valence-electron chi connectivity index (χ1n) is 7.10. The van der Waals surface area contributed by atoms with Gasteiger partial charge in [0.1, 0.15) is 0 Å². The van der Waals surface area contributed by atoms with E-state index in [0.717, 1.165) is 27.9 Å². The number of aliphatic hydroxyl groups excluding tert-OH is 1. The Morgan fingerprint density at radius 2 is 1.90 bits per heavy atom. The lowest BCUT2D eigenvalue weighted by molar-refractivity contribution is -0.116. The maximum atomic E-state index is 11.7. The molecule has 21 heavy (non-hydrogen) atoms. The summed E-state index contributed by atoms with van der Waals surface area (Å²) < 4.78 is 0. The second kappa shape index (κ2) is 5.72. The molecule has 0 aromatic heterocycles. The molecule has 1 aromatic rings. The van der Waals surface area contributed by atoms with Crippen LogP contribution in [0.2, 0.25) is 0 Å². The van der Waals surface area contributed by atoms with Gasteiger partial charge < -0.3 is 10.4 Å². The Kier molecular flexibility index (Phi) is 4.16. The minimum Gasteiger partial charge on any atom is -0.512 e. The highest BCUT2D eigenvalue weighted by Crippen LogP contribution is 2.38. The first kappa shape index (κ1) is 15.3. The topological polar surface area (TPSA) is 66.4 Å². The average Bonchev–Trinajstić information content (AvgIpc) is 2.32. The van der Waals surface area contributed by atoms with Crippen molar-refractivity contribution in [3.63, 3.8) is 0 Å². The Balaban J connectivity index is 2.51. The van der Waals surface area contributed by atoms with Gasteiger partial charge in [-0.15, -0.1) is 0 Å². The van der Waals surface area contributed by atoms with Crippen LogP contribution in [0.15, 0.2) is 17.9 Å². The predicted molar refractivity (Wildman–Crippen MR) is 82.7 cm³/mol. The van der Waals surface area contributed by atoms with Gasteiger partial charge in [-0.2, -0.15) is 0 Å². The highest BCUT2D eigenvalue weighted by molar-refractivity contribution is 5.93. The summed E-state index contributed by atoms with van der Waals surface area (Å²) in [7, 11) is 0. The van der Waals surface area contributed by atoms with Crippen LogP contribution in [0.1, 0.15) is 47.9 Å². The molecular weight excluding hydrogens is 266 g/mol. The van der Waals surface area contributed by atoms with E-state index in [2.05, 4.69) is 5.32 Å². The summed E-state index contributed by atoms with van der Waals surface area (Å²) >= 11 is 0. The number of carbonyl (C=O) groups is 2. The normalized spacial score (nSPS) is 18.4. The van der Waals surface area contributed by atoms with Gasteiger partial charge in [0, 0.05) is 31.5 Å². The van der Waals surface area contributed by atoms with Crippen molar-refractivity contribution in [3.05, 3.63) is 40.2 Å². The lowest BCUT2D eigenvalue weighted by atomic mass is 9.80. The number of aryl methyl sites for hydroxylation is 2. The highest BCUT2D eigenvalue weighted by Gasteiger charge is 2.26. The van der Waals surface area contributed by atoms with Crippen molar-refractivity contribution >= 4 is 17.4 Å². The van der Waals surface area contributed by atoms with Crippen molar-refractivity contribution in [2.75, 3.05) is 5.32 Å². The molecule has 0 bridgehead atoms. The summed E-state index contributed by atoms with van der Waals surface area (Å²) in [4.78, 5) is 23.1. The smallest absolute Gasteiger partial charge is 0.221 e. The van der Waals surface area contributed by atoms with Crippen LogP contribution in [0.5, 0.6) is 0 Å². The van der Waals surface area contributed by atoms with Crippen molar-refractivity contribution in [1.82, 2.24) is 0 Å². The summed E-state index contributed by atoms with van der Waals surface area (Å²) in [6.07, 6.45) is 2.17. The molecule has 0 fully saturated rings. The van der Waals surface area contributed by atoms with Gasteiger partial charge in [0.15, 0.2) is 5.78 Å². The molecule has 0 radical (unpaired) electrons. The van der Waals surface area contributed by atoms with Crippen molar-refractivity contribution in [2.45, 2.75) is 46.5 Å². The number of hydrogen-bond donors (Lipinski definition) is 2. The van der Waals surface area contributed by atoms with E-state index in [-0.39, 0.29) is 23.4 Å². The Morgan fingerprint density at radius 1 is 1.24 bits per heavy atom. The molecule has 2 rings (SSSR count). The number of amides is 1. The van der Waals surface area contributed by atoms with Crippen molar-refractivity contribution in [3.8, 4) is 0 Å². The SMILES string of the molecule is CC(=O)Nc1c(C)cc(C)c(C2CC(=O)C=C(O)C2)c1C. The molecule has 0 saturated heterocycles. The van der Waals surface area contributed by atoms with Crippen LogP contribution in [-0.4, -0.2) is 16.8 Å². The van der Waals surface area contributed by atoms with Gasteiger partial charge in [0.2, 0.25) is 5.91 Å². The summed E-state index contributed by atoms with van der Waals surface area (Å²) in [5, 5.41) is 12.6. The molecule has 2 N–H and O–H groups in total. The number of hydrogen-bond acceptors (Lipinski definition) is 3. The van der Waals surface area contributed by atoms with Crippen molar-refractivity contribution < 1.29 is 14.7 Å². The second-order valence-electron chi connectivity index (χ2n) is 5.81.